The number of hydrogen-bond acceptors (Lipinski definition) is 4. The lowest BCUT2D eigenvalue weighted by atomic mass is 9.78. The van der Waals surface area contributed by atoms with Gasteiger partial charge in [-0.25, -0.2) is 0 Å². The van der Waals surface area contributed by atoms with Crippen LogP contribution in [0.5, 0.6) is 0 Å². The van der Waals surface area contributed by atoms with E-state index in [0.717, 1.165) is 16.8 Å². The topological polar surface area (TPSA) is 37.3 Å². The molecule has 4 rings (SSSR count). The average Bonchev–Trinajstić information content (AvgIpc) is 3.02. The van der Waals surface area contributed by atoms with Crippen LogP contribution in [-0.2, 0) is 13.6 Å². The molecule has 0 amide bonds. The van der Waals surface area contributed by atoms with Gasteiger partial charge in [-0.1, -0.05) is 17.4 Å². The normalized spacial score (nSPS) is 21.9. The molecule has 1 aromatic heterocycles. The van der Waals surface area contributed by atoms with E-state index in [-0.39, 0.29) is 4.87 Å². The van der Waals surface area contributed by atoms with Gasteiger partial charge in [0.15, 0.2) is 0 Å². The fourth-order valence-corrected chi connectivity index (χ4v) is 5.01. The zero-order valence-corrected chi connectivity index (χ0v) is 13.9. The van der Waals surface area contributed by atoms with Gasteiger partial charge < -0.3 is 9.88 Å². The number of aromatic nitrogens is 1. The standard InChI is InChI=1S/C17H23N3OS/c1-19-14-3-2-13(10-15(14)22-16(19)21)11-20-9-6-17(12-20)4-7-18-8-5-17/h2-3,10,18H,4-9,11-12H2,1H3. The van der Waals surface area contributed by atoms with Crippen LogP contribution in [0, 0.1) is 5.41 Å². The lowest BCUT2D eigenvalue weighted by molar-refractivity contribution is 0.194. The van der Waals surface area contributed by atoms with E-state index in [1.54, 1.807) is 4.57 Å². The summed E-state index contributed by atoms with van der Waals surface area (Å²) in [5.74, 6) is 0. The molecule has 0 saturated carbocycles. The Bertz CT molecular complexity index is 742. The fraction of sp³-hybridized carbons (Fsp3) is 0.588. The zero-order valence-electron chi connectivity index (χ0n) is 13.1. The molecule has 0 bridgehead atoms. The van der Waals surface area contributed by atoms with Crippen molar-refractivity contribution in [1.29, 1.82) is 0 Å². The molecule has 5 heteroatoms. The van der Waals surface area contributed by atoms with Gasteiger partial charge in [0, 0.05) is 20.1 Å². The lowest BCUT2D eigenvalue weighted by Gasteiger charge is -2.33. The van der Waals surface area contributed by atoms with Crippen molar-refractivity contribution >= 4 is 21.6 Å². The second-order valence-corrected chi connectivity index (χ2v) is 7.93. The molecule has 118 valence electrons. The Balaban J connectivity index is 1.51. The molecule has 22 heavy (non-hydrogen) atoms. The summed E-state index contributed by atoms with van der Waals surface area (Å²) in [6.45, 7) is 5.82. The van der Waals surface area contributed by atoms with E-state index in [9.17, 15) is 4.79 Å². The van der Waals surface area contributed by atoms with E-state index in [2.05, 4.69) is 28.4 Å². The number of nitrogens with one attached hydrogen (secondary N) is 1. The van der Waals surface area contributed by atoms with Crippen LogP contribution < -0.4 is 10.2 Å². The monoisotopic (exact) mass is 317 g/mol. The molecular formula is C17H23N3OS. The Kier molecular flexibility index (Phi) is 3.59. The van der Waals surface area contributed by atoms with Gasteiger partial charge in [0.05, 0.1) is 10.2 Å². The Hall–Kier alpha value is -1.17. The highest BCUT2D eigenvalue weighted by Gasteiger charge is 2.38. The number of likely N-dealkylation sites (tertiary alicyclic amines) is 1. The second kappa shape index (κ2) is 5.48. The number of nitrogens with zero attached hydrogens (tertiary/aromatic N) is 2. The minimum Gasteiger partial charge on any atom is -0.317 e. The van der Waals surface area contributed by atoms with Crippen LogP contribution in [0.25, 0.3) is 10.2 Å². The van der Waals surface area contributed by atoms with Gasteiger partial charge in [0.25, 0.3) is 0 Å². The van der Waals surface area contributed by atoms with Gasteiger partial charge in [-0.15, -0.1) is 0 Å². The van der Waals surface area contributed by atoms with Crippen molar-refractivity contribution in [1.82, 2.24) is 14.8 Å². The maximum Gasteiger partial charge on any atom is 0.307 e. The van der Waals surface area contributed by atoms with Crippen LogP contribution in [-0.4, -0.2) is 35.6 Å². The SMILES string of the molecule is Cn1c(=O)sc2cc(CN3CCC4(CCNCC4)C3)ccc21. The van der Waals surface area contributed by atoms with Gasteiger partial charge in [-0.3, -0.25) is 9.69 Å². The van der Waals surface area contributed by atoms with Gasteiger partial charge >= 0.3 is 4.87 Å². The first-order chi connectivity index (χ1) is 10.7. The van der Waals surface area contributed by atoms with E-state index in [1.807, 2.05) is 7.05 Å². The van der Waals surface area contributed by atoms with E-state index >= 15 is 0 Å². The fourth-order valence-electron chi connectivity index (χ4n) is 4.06. The average molecular weight is 317 g/mol. The predicted octanol–water partition coefficient (Wildman–Crippen LogP) is 2.18. The number of fused-ring (bicyclic) bond motifs is 1. The van der Waals surface area contributed by atoms with Gasteiger partial charge in [0.2, 0.25) is 0 Å². The summed E-state index contributed by atoms with van der Waals surface area (Å²) in [5.41, 5.74) is 2.95. The summed E-state index contributed by atoms with van der Waals surface area (Å²) in [6.07, 6.45) is 3.99. The van der Waals surface area contributed by atoms with Crippen molar-refractivity contribution in [3.05, 3.63) is 33.4 Å². The number of piperidine rings is 1. The Morgan fingerprint density at radius 3 is 2.91 bits per heavy atom. The molecule has 0 unspecified atom stereocenters. The molecule has 0 radical (unpaired) electrons. The molecule has 1 N–H and O–H groups in total. The van der Waals surface area contributed by atoms with Gasteiger partial charge in [0.1, 0.15) is 0 Å². The second-order valence-electron chi connectivity index (χ2n) is 6.94. The number of rotatable bonds is 2. The molecule has 2 aliphatic rings. The molecule has 1 spiro atoms. The number of thiazole rings is 1. The van der Waals surface area contributed by atoms with Crippen LogP contribution in [0.2, 0.25) is 0 Å². The first-order valence-corrected chi connectivity index (χ1v) is 8.98. The summed E-state index contributed by atoms with van der Waals surface area (Å²) in [6, 6.07) is 6.48. The molecule has 2 aliphatic heterocycles. The maximum absolute atomic E-state index is 11.8. The van der Waals surface area contributed by atoms with Crippen LogP contribution in [0.1, 0.15) is 24.8 Å². The molecule has 4 nitrogen and oxygen atoms in total. The third-order valence-corrected chi connectivity index (χ3v) is 6.44. The third kappa shape index (κ3) is 2.51. The maximum atomic E-state index is 11.8. The first-order valence-electron chi connectivity index (χ1n) is 8.17. The van der Waals surface area contributed by atoms with Gasteiger partial charge in [-0.2, -0.15) is 0 Å². The van der Waals surface area contributed by atoms with E-state index < -0.39 is 0 Å². The Morgan fingerprint density at radius 2 is 2.09 bits per heavy atom. The third-order valence-electron chi connectivity index (χ3n) is 5.44. The van der Waals surface area contributed by atoms with Crippen molar-refractivity contribution in [2.75, 3.05) is 26.2 Å². The number of hydrogen-bond donors (Lipinski definition) is 1. The van der Waals surface area contributed by atoms with Gasteiger partial charge in [-0.05, 0) is 62.0 Å². The van der Waals surface area contributed by atoms with Crippen LogP contribution >= 0.6 is 11.3 Å². The zero-order chi connectivity index (χ0) is 15.2. The van der Waals surface area contributed by atoms with Crippen molar-refractivity contribution in [3.63, 3.8) is 0 Å². The molecule has 2 fully saturated rings. The first kappa shape index (κ1) is 14.4. The largest absolute Gasteiger partial charge is 0.317 e. The van der Waals surface area contributed by atoms with Crippen LogP contribution in [0.15, 0.2) is 23.0 Å². The summed E-state index contributed by atoms with van der Waals surface area (Å²) in [5, 5.41) is 3.48. The Morgan fingerprint density at radius 1 is 1.27 bits per heavy atom. The van der Waals surface area contributed by atoms with E-state index in [0.29, 0.717) is 5.41 Å². The number of benzene rings is 1. The van der Waals surface area contributed by atoms with Crippen molar-refractivity contribution < 1.29 is 0 Å². The Labute approximate surface area is 134 Å². The highest BCUT2D eigenvalue weighted by atomic mass is 32.1. The van der Waals surface area contributed by atoms with Crippen molar-refractivity contribution in [2.24, 2.45) is 12.5 Å². The quantitative estimate of drug-likeness (QED) is 0.922. The lowest BCUT2D eigenvalue weighted by Crippen LogP contribution is -2.38. The predicted molar refractivity (Wildman–Crippen MR) is 91.5 cm³/mol. The van der Waals surface area contributed by atoms with E-state index in [1.165, 1.54) is 62.3 Å². The van der Waals surface area contributed by atoms with Crippen LogP contribution in [0.4, 0.5) is 0 Å². The summed E-state index contributed by atoms with van der Waals surface area (Å²) >= 11 is 1.35. The molecule has 1 aromatic carbocycles. The highest BCUT2D eigenvalue weighted by Crippen LogP contribution is 2.39. The summed E-state index contributed by atoms with van der Waals surface area (Å²) < 4.78 is 2.85. The molecule has 2 saturated heterocycles. The van der Waals surface area contributed by atoms with Crippen molar-refractivity contribution in [3.8, 4) is 0 Å². The minimum atomic E-state index is 0.127. The molecular weight excluding hydrogens is 294 g/mol. The smallest absolute Gasteiger partial charge is 0.307 e. The van der Waals surface area contributed by atoms with E-state index in [4.69, 9.17) is 0 Å². The highest BCUT2D eigenvalue weighted by molar-refractivity contribution is 7.16. The van der Waals surface area contributed by atoms with Crippen LogP contribution in [0.3, 0.4) is 0 Å². The molecule has 0 atom stereocenters. The van der Waals surface area contributed by atoms with Crippen molar-refractivity contribution in [2.45, 2.75) is 25.8 Å². The molecule has 0 aliphatic carbocycles. The summed E-state index contributed by atoms with van der Waals surface area (Å²) in [7, 11) is 1.85. The number of aryl methyl sites for hydroxylation is 1. The minimum absolute atomic E-state index is 0.127. The summed E-state index contributed by atoms with van der Waals surface area (Å²) in [4.78, 5) is 14.5. The molecule has 2 aromatic rings. The molecule has 3 heterocycles.